The van der Waals surface area contributed by atoms with Gasteiger partial charge in [-0.05, 0) is 48.6 Å². The van der Waals surface area contributed by atoms with Crippen LogP contribution < -0.4 is 16.0 Å². The van der Waals surface area contributed by atoms with Crippen molar-refractivity contribution >= 4 is 22.4 Å². The number of benzene rings is 1. The molecule has 1 aliphatic carbocycles. The van der Waals surface area contributed by atoms with Crippen LogP contribution >= 0.6 is 0 Å². The Bertz CT molecular complexity index is 1410. The molecule has 1 saturated heterocycles. The molecule has 3 N–H and O–H groups in total. The largest absolute Gasteiger partial charge is 0.394 e. The summed E-state index contributed by atoms with van der Waals surface area (Å²) in [6.07, 6.45) is 8.87. The number of nitrogens with two attached hydrogens (primary N) is 1. The fraction of sp³-hybridized carbons (Fsp3) is 0.308. The highest BCUT2D eigenvalue weighted by Crippen LogP contribution is 2.42. The standard InChI is InChI=1S/C26H25F2N7/c27-19-5-4-17(23(28)24(19)29)20-12-16(6-7-32-20)25-33-21-14-31-13-18(15-2-1-3-15)22(21)26(34-25)35-10-8-30-9-11-35/h4-7,12-15,30H,1-3,8-11,29H2. The van der Waals surface area contributed by atoms with Crippen LogP contribution in [0.25, 0.3) is 33.5 Å². The summed E-state index contributed by atoms with van der Waals surface area (Å²) in [5.41, 5.74) is 8.20. The fourth-order valence-corrected chi connectivity index (χ4v) is 4.84. The molecule has 0 atom stereocenters. The molecule has 35 heavy (non-hydrogen) atoms. The smallest absolute Gasteiger partial charge is 0.162 e. The summed E-state index contributed by atoms with van der Waals surface area (Å²) in [6, 6.07) is 5.99. The summed E-state index contributed by atoms with van der Waals surface area (Å²) < 4.78 is 28.4. The molecular formula is C26H25F2N7. The molecule has 178 valence electrons. The van der Waals surface area contributed by atoms with Gasteiger partial charge >= 0.3 is 0 Å². The molecule has 0 bridgehead atoms. The van der Waals surface area contributed by atoms with Gasteiger partial charge in [0.05, 0.1) is 17.4 Å². The van der Waals surface area contributed by atoms with Crippen molar-refractivity contribution < 1.29 is 8.78 Å². The van der Waals surface area contributed by atoms with Crippen LogP contribution in [0.4, 0.5) is 20.3 Å². The van der Waals surface area contributed by atoms with Crippen LogP contribution in [0.3, 0.4) is 0 Å². The third-order valence-electron chi connectivity index (χ3n) is 7.00. The predicted molar refractivity (Wildman–Crippen MR) is 132 cm³/mol. The average Bonchev–Trinajstić information content (AvgIpc) is 2.86. The van der Waals surface area contributed by atoms with Crippen LogP contribution in [0.2, 0.25) is 0 Å². The minimum Gasteiger partial charge on any atom is -0.394 e. The van der Waals surface area contributed by atoms with E-state index in [4.69, 9.17) is 15.7 Å². The van der Waals surface area contributed by atoms with E-state index in [0.29, 0.717) is 23.0 Å². The van der Waals surface area contributed by atoms with E-state index >= 15 is 0 Å². The first-order chi connectivity index (χ1) is 17.1. The average molecular weight is 474 g/mol. The highest BCUT2D eigenvalue weighted by atomic mass is 19.1. The molecule has 0 unspecified atom stereocenters. The van der Waals surface area contributed by atoms with E-state index < -0.39 is 17.3 Å². The topological polar surface area (TPSA) is 92.8 Å². The van der Waals surface area contributed by atoms with Crippen molar-refractivity contribution in [3.63, 3.8) is 0 Å². The van der Waals surface area contributed by atoms with E-state index in [1.165, 1.54) is 18.1 Å². The van der Waals surface area contributed by atoms with Gasteiger partial charge in [-0.3, -0.25) is 9.97 Å². The lowest BCUT2D eigenvalue weighted by Gasteiger charge is -2.32. The van der Waals surface area contributed by atoms with Crippen LogP contribution in [0, 0.1) is 11.6 Å². The van der Waals surface area contributed by atoms with E-state index in [2.05, 4.69) is 20.2 Å². The first-order valence-corrected chi connectivity index (χ1v) is 11.9. The Morgan fingerprint density at radius 3 is 2.63 bits per heavy atom. The molecule has 9 heteroatoms. The molecule has 3 aromatic heterocycles. The number of nitrogen functional groups attached to an aromatic ring is 1. The Hall–Kier alpha value is -3.72. The summed E-state index contributed by atoms with van der Waals surface area (Å²) in [7, 11) is 0. The third-order valence-corrected chi connectivity index (χ3v) is 7.00. The SMILES string of the molecule is Nc1c(F)ccc(-c2cc(-c3nc(N4CCNCC4)c4c(C5CCC5)cncc4n3)ccn2)c1F. The molecule has 0 radical (unpaired) electrons. The Labute approximate surface area is 201 Å². The molecule has 2 aliphatic rings. The minimum absolute atomic E-state index is 0.128. The van der Waals surface area contributed by atoms with Gasteiger partial charge < -0.3 is 16.0 Å². The van der Waals surface area contributed by atoms with Crippen LogP contribution in [0.1, 0.15) is 30.7 Å². The number of pyridine rings is 2. The molecule has 7 nitrogen and oxygen atoms in total. The van der Waals surface area contributed by atoms with E-state index in [-0.39, 0.29) is 5.56 Å². The van der Waals surface area contributed by atoms with Crippen molar-refractivity contribution in [3.05, 3.63) is 60.1 Å². The first-order valence-electron chi connectivity index (χ1n) is 11.9. The van der Waals surface area contributed by atoms with Gasteiger partial charge in [0.15, 0.2) is 11.6 Å². The summed E-state index contributed by atoms with van der Waals surface area (Å²) in [4.78, 5) is 21.0. The Morgan fingerprint density at radius 2 is 1.86 bits per heavy atom. The molecule has 1 aromatic carbocycles. The fourth-order valence-electron chi connectivity index (χ4n) is 4.84. The first kappa shape index (κ1) is 21.8. The summed E-state index contributed by atoms with van der Waals surface area (Å²) in [5.74, 6) is 0.284. The lowest BCUT2D eigenvalue weighted by molar-refractivity contribution is 0.421. The number of piperazine rings is 1. The second kappa shape index (κ2) is 8.81. The predicted octanol–water partition coefficient (Wildman–Crippen LogP) is 4.29. The minimum atomic E-state index is -0.829. The zero-order chi connectivity index (χ0) is 23.9. The highest BCUT2D eigenvalue weighted by Gasteiger charge is 2.27. The van der Waals surface area contributed by atoms with Crippen LogP contribution in [-0.2, 0) is 0 Å². The van der Waals surface area contributed by atoms with Crippen LogP contribution in [0.5, 0.6) is 0 Å². The van der Waals surface area contributed by atoms with E-state index in [1.807, 2.05) is 6.20 Å². The van der Waals surface area contributed by atoms with Crippen molar-refractivity contribution in [2.75, 3.05) is 36.8 Å². The second-order valence-electron chi connectivity index (χ2n) is 9.11. The van der Waals surface area contributed by atoms with Gasteiger partial charge in [-0.2, -0.15) is 0 Å². The number of aromatic nitrogens is 4. The van der Waals surface area contributed by atoms with E-state index in [9.17, 15) is 8.78 Å². The quantitative estimate of drug-likeness (QED) is 0.427. The molecule has 4 aromatic rings. The molecule has 0 spiro atoms. The summed E-state index contributed by atoms with van der Waals surface area (Å²) in [5, 5.41) is 4.47. The van der Waals surface area contributed by atoms with Crippen LogP contribution in [0.15, 0.2) is 42.9 Å². The number of hydrogen-bond acceptors (Lipinski definition) is 7. The number of hydrogen-bond donors (Lipinski definition) is 2. The number of anilines is 2. The summed E-state index contributed by atoms with van der Waals surface area (Å²) >= 11 is 0. The maximum absolute atomic E-state index is 14.7. The monoisotopic (exact) mass is 473 g/mol. The highest BCUT2D eigenvalue weighted by molar-refractivity contribution is 5.94. The molecule has 1 aliphatic heterocycles. The second-order valence-corrected chi connectivity index (χ2v) is 9.11. The lowest BCUT2D eigenvalue weighted by atomic mass is 9.79. The molecule has 1 saturated carbocycles. The number of nitrogens with zero attached hydrogens (tertiary/aromatic N) is 5. The third kappa shape index (κ3) is 3.85. The van der Waals surface area contributed by atoms with Gasteiger partial charge in [-0.15, -0.1) is 0 Å². The van der Waals surface area contributed by atoms with Gasteiger partial charge in [0, 0.05) is 55.1 Å². The number of halogens is 2. The lowest BCUT2D eigenvalue weighted by Crippen LogP contribution is -2.44. The molecular weight excluding hydrogens is 448 g/mol. The maximum Gasteiger partial charge on any atom is 0.162 e. The van der Waals surface area contributed by atoms with Crippen LogP contribution in [-0.4, -0.2) is 46.1 Å². The van der Waals surface area contributed by atoms with Crippen molar-refractivity contribution in [2.24, 2.45) is 0 Å². The van der Waals surface area contributed by atoms with Gasteiger partial charge in [0.25, 0.3) is 0 Å². The Morgan fingerprint density at radius 1 is 1.03 bits per heavy atom. The number of rotatable bonds is 4. The Kier molecular flexibility index (Phi) is 5.49. The zero-order valence-electron chi connectivity index (χ0n) is 19.1. The van der Waals surface area contributed by atoms with Crippen molar-refractivity contribution in [1.82, 2.24) is 25.3 Å². The van der Waals surface area contributed by atoms with Gasteiger partial charge in [0.2, 0.25) is 0 Å². The number of fused-ring (bicyclic) bond motifs is 1. The van der Waals surface area contributed by atoms with E-state index in [1.54, 1.807) is 24.5 Å². The number of nitrogens with one attached hydrogen (secondary N) is 1. The maximum atomic E-state index is 14.7. The Balaban J connectivity index is 1.50. The molecule has 6 rings (SSSR count). The van der Waals surface area contributed by atoms with Gasteiger partial charge in [0.1, 0.15) is 17.3 Å². The van der Waals surface area contributed by atoms with Crippen molar-refractivity contribution in [2.45, 2.75) is 25.2 Å². The van der Waals surface area contributed by atoms with Gasteiger partial charge in [-0.1, -0.05) is 6.42 Å². The summed E-state index contributed by atoms with van der Waals surface area (Å²) in [6.45, 7) is 3.46. The molecule has 0 amide bonds. The molecule has 2 fully saturated rings. The van der Waals surface area contributed by atoms with Gasteiger partial charge in [-0.25, -0.2) is 18.7 Å². The molecule has 4 heterocycles. The van der Waals surface area contributed by atoms with E-state index in [0.717, 1.165) is 61.8 Å². The van der Waals surface area contributed by atoms with Crippen molar-refractivity contribution in [3.8, 4) is 22.6 Å². The zero-order valence-corrected chi connectivity index (χ0v) is 19.1. The van der Waals surface area contributed by atoms with Crippen molar-refractivity contribution in [1.29, 1.82) is 0 Å². The normalized spacial score (nSPS) is 16.5.